The molecule has 4 rings (SSSR count). The van der Waals surface area contributed by atoms with Crippen LogP contribution in [-0.4, -0.2) is 40.7 Å². The van der Waals surface area contributed by atoms with E-state index in [1.54, 1.807) is 43.5 Å². The molecule has 0 bridgehead atoms. The van der Waals surface area contributed by atoms with Gasteiger partial charge in [0.1, 0.15) is 11.5 Å². The maximum atomic E-state index is 12.7. The number of benzene rings is 3. The van der Waals surface area contributed by atoms with Gasteiger partial charge in [-0.2, -0.15) is 0 Å². The molecule has 0 aliphatic heterocycles. The molecule has 180 valence electrons. The number of fused-ring (bicyclic) bond motifs is 1. The van der Waals surface area contributed by atoms with E-state index in [1.807, 2.05) is 44.2 Å². The summed E-state index contributed by atoms with van der Waals surface area (Å²) in [6.07, 6.45) is 0. The number of nitrogens with zero attached hydrogens (tertiary/aromatic N) is 1. The average Bonchev–Trinajstić information content (AvgIpc) is 3.26. The van der Waals surface area contributed by atoms with Crippen LogP contribution in [0.3, 0.4) is 0 Å². The average molecular weight is 491 g/mol. The van der Waals surface area contributed by atoms with Crippen molar-refractivity contribution in [1.82, 2.24) is 9.97 Å². The van der Waals surface area contributed by atoms with E-state index in [0.717, 1.165) is 16.8 Å². The topological polar surface area (TPSA) is 105 Å². The van der Waals surface area contributed by atoms with Gasteiger partial charge in [0, 0.05) is 17.3 Å². The lowest BCUT2D eigenvalue weighted by atomic mass is 10.2. The third kappa shape index (κ3) is 5.93. The van der Waals surface area contributed by atoms with Gasteiger partial charge in [-0.15, -0.1) is 0 Å². The van der Waals surface area contributed by atoms with E-state index >= 15 is 0 Å². The fourth-order valence-electron chi connectivity index (χ4n) is 3.39. The summed E-state index contributed by atoms with van der Waals surface area (Å²) >= 11 is 1.33. The molecular weight excluding hydrogens is 464 g/mol. The number of methoxy groups -OCH3 is 1. The summed E-state index contributed by atoms with van der Waals surface area (Å²) in [5, 5.41) is 5.97. The molecule has 0 spiro atoms. The van der Waals surface area contributed by atoms with E-state index in [-0.39, 0.29) is 11.8 Å². The summed E-state index contributed by atoms with van der Waals surface area (Å²) < 4.78 is 10.8. The number of amides is 2. The number of hydrogen-bond donors (Lipinski definition) is 3. The smallest absolute Gasteiger partial charge is 0.255 e. The number of ether oxygens (including phenoxy) is 2. The van der Waals surface area contributed by atoms with Crippen LogP contribution in [0.2, 0.25) is 0 Å². The summed E-state index contributed by atoms with van der Waals surface area (Å²) in [6.45, 7) is 4.34. The molecular formula is C26H26N4O4S. The maximum Gasteiger partial charge on any atom is 0.255 e. The van der Waals surface area contributed by atoms with Crippen LogP contribution in [0.1, 0.15) is 24.2 Å². The molecule has 0 saturated carbocycles. The summed E-state index contributed by atoms with van der Waals surface area (Å²) in [4.78, 5) is 33.1. The Morgan fingerprint density at radius 2 is 1.83 bits per heavy atom. The van der Waals surface area contributed by atoms with Crippen LogP contribution >= 0.6 is 11.8 Å². The van der Waals surface area contributed by atoms with Crippen LogP contribution in [0.15, 0.2) is 71.9 Å². The van der Waals surface area contributed by atoms with Gasteiger partial charge in [0.2, 0.25) is 5.91 Å². The molecule has 0 radical (unpaired) electrons. The highest BCUT2D eigenvalue weighted by molar-refractivity contribution is 8.00. The minimum Gasteiger partial charge on any atom is -0.495 e. The lowest BCUT2D eigenvalue weighted by Crippen LogP contribution is -2.22. The van der Waals surface area contributed by atoms with Gasteiger partial charge in [0.05, 0.1) is 35.7 Å². The first kappa shape index (κ1) is 24.2. The van der Waals surface area contributed by atoms with Crippen LogP contribution in [0.5, 0.6) is 11.5 Å². The summed E-state index contributed by atoms with van der Waals surface area (Å²) in [5.74, 6) is 0.909. The van der Waals surface area contributed by atoms with E-state index in [2.05, 4.69) is 20.6 Å². The number of H-pyrrole nitrogens is 1. The van der Waals surface area contributed by atoms with Gasteiger partial charge in [-0.3, -0.25) is 9.59 Å². The number of nitrogens with one attached hydrogen (secondary N) is 3. The lowest BCUT2D eigenvalue weighted by Gasteiger charge is -2.12. The molecule has 1 atom stereocenters. The second kappa shape index (κ2) is 11.0. The van der Waals surface area contributed by atoms with Crippen molar-refractivity contribution >= 4 is 46.0 Å². The molecule has 2 amide bonds. The van der Waals surface area contributed by atoms with Crippen molar-refractivity contribution in [1.29, 1.82) is 0 Å². The van der Waals surface area contributed by atoms with Crippen molar-refractivity contribution in [2.75, 3.05) is 24.4 Å². The summed E-state index contributed by atoms with van der Waals surface area (Å²) in [5.41, 5.74) is 3.31. The van der Waals surface area contributed by atoms with E-state index < -0.39 is 5.25 Å². The minimum absolute atomic E-state index is 0.170. The Balaban J connectivity index is 1.35. The molecule has 9 heteroatoms. The summed E-state index contributed by atoms with van der Waals surface area (Å²) in [6, 6.07) is 19.6. The highest BCUT2D eigenvalue weighted by atomic mass is 32.2. The molecule has 0 aliphatic carbocycles. The second-order valence-electron chi connectivity index (χ2n) is 7.64. The van der Waals surface area contributed by atoms with E-state index in [4.69, 9.17) is 9.47 Å². The molecule has 1 aromatic heterocycles. The molecule has 35 heavy (non-hydrogen) atoms. The zero-order valence-electron chi connectivity index (χ0n) is 19.6. The molecule has 3 N–H and O–H groups in total. The van der Waals surface area contributed by atoms with Gasteiger partial charge in [-0.25, -0.2) is 4.98 Å². The minimum atomic E-state index is -0.393. The number of carbonyl (C=O) groups excluding carboxylic acids is 2. The number of para-hydroxylation sites is 2. The van der Waals surface area contributed by atoms with E-state index in [1.165, 1.54) is 11.8 Å². The third-order valence-corrected chi connectivity index (χ3v) is 6.15. The molecule has 4 aromatic rings. The fraction of sp³-hybridized carbons (Fsp3) is 0.192. The van der Waals surface area contributed by atoms with Gasteiger partial charge < -0.3 is 25.1 Å². The maximum absolute atomic E-state index is 12.7. The third-order valence-electron chi connectivity index (χ3n) is 5.17. The number of anilines is 2. The Morgan fingerprint density at radius 1 is 1.06 bits per heavy atom. The number of thioether (sulfide) groups is 1. The SMILES string of the molecule is CCOc1ccc2nc(SC(C)C(=O)Nc3ccc(C(=O)Nc4ccccc4OC)cc3)[nH]c2c1. The van der Waals surface area contributed by atoms with Gasteiger partial charge in [-0.1, -0.05) is 23.9 Å². The number of aromatic amines is 1. The largest absolute Gasteiger partial charge is 0.495 e. The Hall–Kier alpha value is -3.98. The van der Waals surface area contributed by atoms with Crippen molar-refractivity contribution in [3.05, 3.63) is 72.3 Å². The van der Waals surface area contributed by atoms with Crippen molar-refractivity contribution in [2.45, 2.75) is 24.3 Å². The highest BCUT2D eigenvalue weighted by Crippen LogP contribution is 2.27. The van der Waals surface area contributed by atoms with Crippen LogP contribution < -0.4 is 20.1 Å². The molecule has 3 aromatic carbocycles. The monoisotopic (exact) mass is 490 g/mol. The Kier molecular flexibility index (Phi) is 7.57. The normalized spacial score (nSPS) is 11.6. The quantitative estimate of drug-likeness (QED) is 0.274. The number of aromatic nitrogens is 2. The van der Waals surface area contributed by atoms with Crippen molar-refractivity contribution in [3.63, 3.8) is 0 Å². The van der Waals surface area contributed by atoms with Gasteiger partial charge >= 0.3 is 0 Å². The van der Waals surface area contributed by atoms with Crippen LogP contribution in [0.4, 0.5) is 11.4 Å². The Labute approximate surface area is 207 Å². The molecule has 8 nitrogen and oxygen atoms in total. The first-order valence-corrected chi connectivity index (χ1v) is 12.0. The summed E-state index contributed by atoms with van der Waals surface area (Å²) in [7, 11) is 1.55. The number of imidazole rings is 1. The molecule has 1 unspecified atom stereocenters. The number of carbonyl (C=O) groups is 2. The van der Waals surface area contributed by atoms with Crippen molar-refractivity contribution in [2.24, 2.45) is 0 Å². The first-order valence-electron chi connectivity index (χ1n) is 11.1. The predicted octanol–water partition coefficient (Wildman–Crippen LogP) is 5.34. The number of rotatable bonds is 9. The van der Waals surface area contributed by atoms with Crippen LogP contribution in [0.25, 0.3) is 11.0 Å². The zero-order chi connectivity index (χ0) is 24.8. The fourth-order valence-corrected chi connectivity index (χ4v) is 4.21. The van der Waals surface area contributed by atoms with Gasteiger partial charge in [0.25, 0.3) is 5.91 Å². The lowest BCUT2D eigenvalue weighted by molar-refractivity contribution is -0.115. The highest BCUT2D eigenvalue weighted by Gasteiger charge is 2.17. The Morgan fingerprint density at radius 3 is 2.57 bits per heavy atom. The van der Waals surface area contributed by atoms with Gasteiger partial charge in [-0.05, 0) is 62.4 Å². The predicted molar refractivity (Wildman–Crippen MR) is 139 cm³/mol. The van der Waals surface area contributed by atoms with Crippen LogP contribution in [0, 0.1) is 0 Å². The van der Waals surface area contributed by atoms with Crippen molar-refractivity contribution in [3.8, 4) is 11.5 Å². The second-order valence-corrected chi connectivity index (χ2v) is 8.96. The molecule has 0 aliphatic rings. The van der Waals surface area contributed by atoms with Crippen molar-refractivity contribution < 1.29 is 19.1 Å². The van der Waals surface area contributed by atoms with Gasteiger partial charge in [0.15, 0.2) is 5.16 Å². The van der Waals surface area contributed by atoms with E-state index in [9.17, 15) is 9.59 Å². The standard InChI is InChI=1S/C26H26N4O4S/c1-4-34-19-13-14-20-22(15-19)30-26(29-20)35-16(2)24(31)27-18-11-9-17(10-12-18)25(32)28-21-7-5-6-8-23(21)33-3/h5-16H,4H2,1-3H3,(H,27,31)(H,28,32)(H,29,30). The number of hydrogen-bond acceptors (Lipinski definition) is 6. The first-order chi connectivity index (χ1) is 17.0. The zero-order valence-corrected chi connectivity index (χ0v) is 20.4. The molecule has 1 heterocycles. The van der Waals surface area contributed by atoms with Crippen LogP contribution in [-0.2, 0) is 4.79 Å². The van der Waals surface area contributed by atoms with E-state index in [0.29, 0.717) is 34.5 Å². The Bertz CT molecular complexity index is 1340. The molecule has 0 saturated heterocycles. The molecule has 0 fully saturated rings.